The summed E-state index contributed by atoms with van der Waals surface area (Å²) in [6.45, 7) is 8.53. The molecule has 1 amide bonds. The van der Waals surface area contributed by atoms with E-state index in [0.29, 0.717) is 17.9 Å². The Balaban J connectivity index is 2.71. The standard InChI is InChI=1S/C13H26N2OS/c1-6-11-14-12(9(2)3)13(16)15(11)10(4)7-8-17-5/h9-12,14H,6-8H2,1-5H3. The van der Waals surface area contributed by atoms with E-state index >= 15 is 0 Å². The second kappa shape index (κ2) is 6.64. The van der Waals surface area contributed by atoms with Crippen molar-refractivity contribution in [2.24, 2.45) is 5.92 Å². The number of thioether (sulfide) groups is 1. The third-order valence-corrected chi connectivity index (χ3v) is 4.14. The number of carbonyl (C=O) groups excluding carboxylic acids is 1. The van der Waals surface area contributed by atoms with Gasteiger partial charge in [-0.15, -0.1) is 0 Å². The Morgan fingerprint density at radius 2 is 2.06 bits per heavy atom. The summed E-state index contributed by atoms with van der Waals surface area (Å²) in [7, 11) is 0. The van der Waals surface area contributed by atoms with E-state index in [9.17, 15) is 4.79 Å². The van der Waals surface area contributed by atoms with Gasteiger partial charge in [0.25, 0.3) is 0 Å². The van der Waals surface area contributed by atoms with Gasteiger partial charge in [0.1, 0.15) is 0 Å². The van der Waals surface area contributed by atoms with Crippen molar-refractivity contribution in [2.45, 2.75) is 58.8 Å². The highest BCUT2D eigenvalue weighted by Gasteiger charge is 2.41. The maximum atomic E-state index is 12.4. The minimum Gasteiger partial charge on any atom is -0.323 e. The summed E-state index contributed by atoms with van der Waals surface area (Å²) in [6, 6.07) is 0.354. The number of nitrogens with one attached hydrogen (secondary N) is 1. The monoisotopic (exact) mass is 258 g/mol. The molecule has 1 aliphatic rings. The van der Waals surface area contributed by atoms with Gasteiger partial charge in [-0.2, -0.15) is 11.8 Å². The molecule has 0 aromatic carbocycles. The lowest BCUT2D eigenvalue weighted by Crippen LogP contribution is -2.43. The zero-order valence-corrected chi connectivity index (χ0v) is 12.5. The molecule has 3 unspecified atom stereocenters. The average Bonchev–Trinajstić information content (AvgIpc) is 2.63. The summed E-state index contributed by atoms with van der Waals surface area (Å²) in [6.07, 6.45) is 4.41. The van der Waals surface area contributed by atoms with E-state index in [-0.39, 0.29) is 12.2 Å². The molecule has 0 aromatic heterocycles. The number of amides is 1. The van der Waals surface area contributed by atoms with Gasteiger partial charge in [-0.05, 0) is 37.7 Å². The van der Waals surface area contributed by atoms with E-state index in [2.05, 4.69) is 44.2 Å². The first-order valence-electron chi connectivity index (χ1n) is 6.60. The normalized spacial score (nSPS) is 26.9. The highest BCUT2D eigenvalue weighted by atomic mass is 32.2. The molecule has 0 radical (unpaired) electrons. The fraction of sp³-hybridized carbons (Fsp3) is 0.923. The predicted octanol–water partition coefficient (Wildman–Crippen LogP) is 2.32. The smallest absolute Gasteiger partial charge is 0.241 e. The molecular formula is C13H26N2OS. The summed E-state index contributed by atoms with van der Waals surface area (Å²) in [5, 5.41) is 3.47. The number of hydrogen-bond donors (Lipinski definition) is 1. The van der Waals surface area contributed by atoms with E-state index in [0.717, 1.165) is 18.6 Å². The molecule has 3 nitrogen and oxygen atoms in total. The molecule has 3 atom stereocenters. The maximum absolute atomic E-state index is 12.4. The molecule has 1 saturated heterocycles. The van der Waals surface area contributed by atoms with Crippen LogP contribution in [-0.4, -0.2) is 41.1 Å². The first-order chi connectivity index (χ1) is 8.02. The summed E-state index contributed by atoms with van der Waals surface area (Å²) >= 11 is 1.85. The Hall–Kier alpha value is -0.220. The van der Waals surface area contributed by atoms with E-state index in [1.807, 2.05) is 11.8 Å². The van der Waals surface area contributed by atoms with Gasteiger partial charge < -0.3 is 4.90 Å². The molecule has 0 saturated carbocycles. The zero-order chi connectivity index (χ0) is 13.0. The topological polar surface area (TPSA) is 32.3 Å². The van der Waals surface area contributed by atoms with Crippen LogP contribution in [0.3, 0.4) is 0 Å². The van der Waals surface area contributed by atoms with Crippen molar-refractivity contribution in [2.75, 3.05) is 12.0 Å². The minimum atomic E-state index is 0.0108. The maximum Gasteiger partial charge on any atom is 0.241 e. The highest BCUT2D eigenvalue weighted by Crippen LogP contribution is 2.23. The predicted molar refractivity (Wildman–Crippen MR) is 75.1 cm³/mol. The fourth-order valence-corrected chi connectivity index (χ4v) is 2.99. The molecule has 4 heteroatoms. The number of nitrogens with zero attached hydrogens (tertiary/aromatic N) is 1. The van der Waals surface area contributed by atoms with E-state index < -0.39 is 0 Å². The summed E-state index contributed by atoms with van der Waals surface area (Å²) in [4.78, 5) is 14.4. The van der Waals surface area contributed by atoms with Crippen molar-refractivity contribution in [3.05, 3.63) is 0 Å². The van der Waals surface area contributed by atoms with Crippen molar-refractivity contribution < 1.29 is 4.79 Å². The van der Waals surface area contributed by atoms with Gasteiger partial charge in [-0.25, -0.2) is 0 Å². The second-order valence-electron chi connectivity index (χ2n) is 5.19. The van der Waals surface area contributed by atoms with Crippen LogP contribution in [-0.2, 0) is 4.79 Å². The van der Waals surface area contributed by atoms with Crippen LogP contribution in [0, 0.1) is 5.92 Å². The zero-order valence-electron chi connectivity index (χ0n) is 11.7. The van der Waals surface area contributed by atoms with Gasteiger partial charge in [0.05, 0.1) is 12.2 Å². The van der Waals surface area contributed by atoms with Crippen LogP contribution < -0.4 is 5.32 Å². The van der Waals surface area contributed by atoms with Crippen molar-refractivity contribution in [3.63, 3.8) is 0 Å². The van der Waals surface area contributed by atoms with Crippen molar-refractivity contribution >= 4 is 17.7 Å². The molecule has 100 valence electrons. The lowest BCUT2D eigenvalue weighted by Gasteiger charge is -2.29. The third-order valence-electron chi connectivity index (χ3n) is 3.50. The molecule has 1 heterocycles. The Morgan fingerprint density at radius 3 is 2.53 bits per heavy atom. The Morgan fingerprint density at radius 1 is 1.41 bits per heavy atom. The summed E-state index contributed by atoms with van der Waals surface area (Å²) < 4.78 is 0. The first-order valence-corrected chi connectivity index (χ1v) is 7.99. The van der Waals surface area contributed by atoms with Gasteiger partial charge in [0, 0.05) is 6.04 Å². The third kappa shape index (κ3) is 3.38. The van der Waals surface area contributed by atoms with Crippen LogP contribution in [0.5, 0.6) is 0 Å². The number of carbonyl (C=O) groups is 1. The molecule has 0 aromatic rings. The van der Waals surface area contributed by atoms with E-state index in [4.69, 9.17) is 0 Å². The lowest BCUT2D eigenvalue weighted by molar-refractivity contribution is -0.132. The summed E-state index contributed by atoms with van der Waals surface area (Å²) in [5.41, 5.74) is 0. The minimum absolute atomic E-state index is 0.0108. The van der Waals surface area contributed by atoms with Gasteiger partial charge in [-0.1, -0.05) is 20.8 Å². The van der Waals surface area contributed by atoms with Gasteiger partial charge in [-0.3, -0.25) is 10.1 Å². The molecular weight excluding hydrogens is 232 g/mol. The Bertz CT molecular complexity index is 258. The Kier molecular flexibility index (Phi) is 5.80. The van der Waals surface area contributed by atoms with Gasteiger partial charge in [0.15, 0.2) is 0 Å². The van der Waals surface area contributed by atoms with Crippen LogP contribution in [0.2, 0.25) is 0 Å². The summed E-state index contributed by atoms with van der Waals surface area (Å²) in [5.74, 6) is 1.78. The molecule has 1 rings (SSSR count). The van der Waals surface area contributed by atoms with Crippen LogP contribution >= 0.6 is 11.8 Å². The van der Waals surface area contributed by atoms with Crippen LogP contribution in [0.4, 0.5) is 0 Å². The van der Waals surface area contributed by atoms with Crippen LogP contribution in [0.15, 0.2) is 0 Å². The molecule has 1 fully saturated rings. The van der Waals surface area contributed by atoms with Gasteiger partial charge in [0.2, 0.25) is 5.91 Å². The molecule has 0 aliphatic carbocycles. The van der Waals surface area contributed by atoms with Crippen LogP contribution in [0.25, 0.3) is 0 Å². The van der Waals surface area contributed by atoms with Crippen molar-refractivity contribution in [3.8, 4) is 0 Å². The fourth-order valence-electron chi connectivity index (χ4n) is 2.42. The quantitative estimate of drug-likeness (QED) is 0.793. The van der Waals surface area contributed by atoms with Crippen molar-refractivity contribution in [1.29, 1.82) is 0 Å². The second-order valence-corrected chi connectivity index (χ2v) is 6.17. The number of rotatable bonds is 6. The van der Waals surface area contributed by atoms with E-state index in [1.54, 1.807) is 0 Å². The lowest BCUT2D eigenvalue weighted by atomic mass is 10.0. The molecule has 1 N–H and O–H groups in total. The average molecular weight is 258 g/mol. The molecule has 1 aliphatic heterocycles. The first kappa shape index (κ1) is 14.8. The van der Waals surface area contributed by atoms with Crippen LogP contribution in [0.1, 0.15) is 40.5 Å². The SMILES string of the molecule is CCC1NC(C(C)C)C(=O)N1C(C)CCSC. The largest absolute Gasteiger partial charge is 0.323 e. The molecule has 0 spiro atoms. The molecule has 0 bridgehead atoms. The van der Waals surface area contributed by atoms with Crippen molar-refractivity contribution in [1.82, 2.24) is 10.2 Å². The van der Waals surface area contributed by atoms with E-state index in [1.165, 1.54) is 0 Å². The molecule has 17 heavy (non-hydrogen) atoms. The highest BCUT2D eigenvalue weighted by molar-refractivity contribution is 7.98. The van der Waals surface area contributed by atoms with Gasteiger partial charge >= 0.3 is 0 Å². The number of hydrogen-bond acceptors (Lipinski definition) is 3. The Labute approximate surface area is 110 Å².